The number of H-pyrrole nitrogens is 1. The van der Waals surface area contributed by atoms with Gasteiger partial charge in [0.25, 0.3) is 0 Å². The Morgan fingerprint density at radius 2 is 2.26 bits per heavy atom. The first kappa shape index (κ1) is 12.5. The number of benzene rings is 1. The van der Waals surface area contributed by atoms with E-state index in [-0.39, 0.29) is 0 Å². The molecular formula is C16H22N2O. The molecule has 3 heteroatoms. The Balaban J connectivity index is 1.91. The minimum atomic E-state index is 0.772. The van der Waals surface area contributed by atoms with E-state index in [2.05, 4.69) is 35.4 Å². The topological polar surface area (TPSA) is 37.0 Å². The van der Waals surface area contributed by atoms with Gasteiger partial charge in [0, 0.05) is 22.7 Å². The van der Waals surface area contributed by atoms with Gasteiger partial charge in [0.15, 0.2) is 0 Å². The summed E-state index contributed by atoms with van der Waals surface area (Å²) in [7, 11) is 1.71. The highest BCUT2D eigenvalue weighted by atomic mass is 16.5. The summed E-state index contributed by atoms with van der Waals surface area (Å²) in [6, 6.07) is 6.33. The van der Waals surface area contributed by atoms with Crippen LogP contribution < -0.4 is 10.1 Å². The number of ether oxygens (including phenoxy) is 1. The second-order valence-corrected chi connectivity index (χ2v) is 5.56. The summed E-state index contributed by atoms with van der Waals surface area (Å²) in [6.45, 7) is 4.51. The van der Waals surface area contributed by atoms with Crippen molar-refractivity contribution in [1.29, 1.82) is 0 Å². The van der Waals surface area contributed by atoms with Gasteiger partial charge in [0.05, 0.1) is 7.11 Å². The lowest BCUT2D eigenvalue weighted by Crippen LogP contribution is -2.30. The molecular weight excluding hydrogens is 236 g/mol. The van der Waals surface area contributed by atoms with Gasteiger partial charge >= 0.3 is 0 Å². The van der Waals surface area contributed by atoms with Gasteiger partial charge in [-0.05, 0) is 62.9 Å². The largest absolute Gasteiger partial charge is 0.497 e. The van der Waals surface area contributed by atoms with Gasteiger partial charge in [-0.1, -0.05) is 0 Å². The third-order valence-corrected chi connectivity index (χ3v) is 4.22. The monoisotopic (exact) mass is 258 g/mol. The smallest absolute Gasteiger partial charge is 0.120 e. The van der Waals surface area contributed by atoms with Gasteiger partial charge in [-0.3, -0.25) is 0 Å². The third-order valence-electron chi connectivity index (χ3n) is 4.22. The molecule has 2 N–H and O–H groups in total. The van der Waals surface area contributed by atoms with Crippen LogP contribution in [0.2, 0.25) is 0 Å². The predicted octanol–water partition coefficient (Wildman–Crippen LogP) is 3.03. The number of hydrogen-bond acceptors (Lipinski definition) is 2. The van der Waals surface area contributed by atoms with Crippen LogP contribution in [-0.2, 0) is 6.42 Å². The molecule has 0 bridgehead atoms. The van der Waals surface area contributed by atoms with Crippen LogP contribution in [0.1, 0.15) is 24.1 Å². The van der Waals surface area contributed by atoms with Crippen LogP contribution in [-0.4, -0.2) is 25.2 Å². The Morgan fingerprint density at radius 1 is 1.37 bits per heavy atom. The molecule has 1 saturated heterocycles. The quantitative estimate of drug-likeness (QED) is 0.888. The summed E-state index contributed by atoms with van der Waals surface area (Å²) in [5.41, 5.74) is 3.97. The fourth-order valence-corrected chi connectivity index (χ4v) is 3.15. The van der Waals surface area contributed by atoms with Gasteiger partial charge in [0.1, 0.15) is 5.75 Å². The maximum atomic E-state index is 5.29. The van der Waals surface area contributed by atoms with E-state index >= 15 is 0 Å². The molecule has 1 aromatic carbocycles. The standard InChI is InChI=1S/C16H22N2O/c1-11-15(8-12-4-3-7-17-10-12)14-6-5-13(19-2)9-16(14)18-11/h5-6,9,12,17-18H,3-4,7-8,10H2,1-2H3. The van der Waals surface area contributed by atoms with Crippen LogP contribution in [0.25, 0.3) is 10.9 Å². The van der Waals surface area contributed by atoms with Gasteiger partial charge in [0.2, 0.25) is 0 Å². The van der Waals surface area contributed by atoms with Crippen LogP contribution in [0.3, 0.4) is 0 Å². The highest BCUT2D eigenvalue weighted by Crippen LogP contribution is 2.29. The van der Waals surface area contributed by atoms with E-state index in [0.29, 0.717) is 0 Å². The van der Waals surface area contributed by atoms with E-state index in [4.69, 9.17) is 4.74 Å². The van der Waals surface area contributed by atoms with Gasteiger partial charge in [-0.2, -0.15) is 0 Å². The second kappa shape index (κ2) is 5.25. The van der Waals surface area contributed by atoms with E-state index in [0.717, 1.165) is 18.2 Å². The third kappa shape index (κ3) is 2.47. The van der Waals surface area contributed by atoms with E-state index in [9.17, 15) is 0 Å². The molecule has 102 valence electrons. The zero-order valence-corrected chi connectivity index (χ0v) is 11.8. The minimum Gasteiger partial charge on any atom is -0.497 e. The molecule has 0 aliphatic carbocycles. The molecule has 1 unspecified atom stereocenters. The highest BCUT2D eigenvalue weighted by molar-refractivity contribution is 5.85. The van der Waals surface area contributed by atoms with Gasteiger partial charge in [-0.15, -0.1) is 0 Å². The molecule has 1 aliphatic heterocycles. The molecule has 3 rings (SSSR count). The number of nitrogens with one attached hydrogen (secondary N) is 2. The Labute approximate surface area is 114 Å². The molecule has 2 heterocycles. The van der Waals surface area contributed by atoms with Crippen LogP contribution >= 0.6 is 0 Å². The van der Waals surface area contributed by atoms with Crippen LogP contribution in [0, 0.1) is 12.8 Å². The molecule has 1 atom stereocenters. The number of fused-ring (bicyclic) bond motifs is 1. The molecule has 19 heavy (non-hydrogen) atoms. The number of methoxy groups -OCH3 is 1. The van der Waals surface area contributed by atoms with E-state index in [1.54, 1.807) is 7.11 Å². The van der Waals surface area contributed by atoms with Crippen molar-refractivity contribution in [2.75, 3.05) is 20.2 Å². The molecule has 1 aliphatic rings. The van der Waals surface area contributed by atoms with Crippen LogP contribution in [0.15, 0.2) is 18.2 Å². The maximum Gasteiger partial charge on any atom is 0.120 e. The van der Waals surface area contributed by atoms with E-state index < -0.39 is 0 Å². The first-order valence-electron chi connectivity index (χ1n) is 7.14. The van der Waals surface area contributed by atoms with Crippen molar-refractivity contribution in [3.8, 4) is 5.75 Å². The summed E-state index contributed by atoms with van der Waals surface area (Å²) in [6.07, 6.45) is 3.82. The lowest BCUT2D eigenvalue weighted by atomic mass is 9.91. The SMILES string of the molecule is COc1ccc2c(CC3CCCNC3)c(C)[nH]c2c1. The first-order valence-corrected chi connectivity index (χ1v) is 7.14. The molecule has 0 radical (unpaired) electrons. The zero-order chi connectivity index (χ0) is 13.2. The zero-order valence-electron chi connectivity index (χ0n) is 11.8. The Kier molecular flexibility index (Phi) is 3.47. The van der Waals surface area contributed by atoms with Crippen molar-refractivity contribution in [3.05, 3.63) is 29.5 Å². The number of piperidine rings is 1. The predicted molar refractivity (Wildman–Crippen MR) is 78.9 cm³/mol. The number of aromatic amines is 1. The minimum absolute atomic E-state index is 0.772. The lowest BCUT2D eigenvalue weighted by molar-refractivity contribution is 0.376. The molecule has 3 nitrogen and oxygen atoms in total. The Morgan fingerprint density at radius 3 is 3.00 bits per heavy atom. The normalized spacial score (nSPS) is 19.8. The fourth-order valence-electron chi connectivity index (χ4n) is 3.15. The summed E-state index contributed by atoms with van der Waals surface area (Å²) >= 11 is 0. The molecule has 0 spiro atoms. The van der Waals surface area contributed by atoms with Crippen LogP contribution in [0.5, 0.6) is 5.75 Å². The molecule has 2 aromatic rings. The number of rotatable bonds is 3. The second-order valence-electron chi connectivity index (χ2n) is 5.56. The first-order chi connectivity index (χ1) is 9.28. The number of aryl methyl sites for hydroxylation is 1. The number of aromatic nitrogens is 1. The Bertz CT molecular complexity index is 567. The maximum absolute atomic E-state index is 5.29. The van der Waals surface area contributed by atoms with Gasteiger partial charge < -0.3 is 15.0 Å². The van der Waals surface area contributed by atoms with Crippen molar-refractivity contribution >= 4 is 10.9 Å². The summed E-state index contributed by atoms with van der Waals surface area (Å²) in [5, 5.41) is 4.85. The van der Waals surface area contributed by atoms with Crippen molar-refractivity contribution in [1.82, 2.24) is 10.3 Å². The van der Waals surface area contributed by atoms with Crippen LogP contribution in [0.4, 0.5) is 0 Å². The molecule has 0 saturated carbocycles. The fraction of sp³-hybridized carbons (Fsp3) is 0.500. The average molecular weight is 258 g/mol. The van der Waals surface area contributed by atoms with Crippen molar-refractivity contribution in [3.63, 3.8) is 0 Å². The highest BCUT2D eigenvalue weighted by Gasteiger charge is 2.17. The molecule has 0 amide bonds. The summed E-state index contributed by atoms with van der Waals surface area (Å²) < 4.78 is 5.29. The summed E-state index contributed by atoms with van der Waals surface area (Å²) in [4.78, 5) is 3.49. The van der Waals surface area contributed by atoms with Crippen molar-refractivity contribution in [2.24, 2.45) is 5.92 Å². The average Bonchev–Trinajstić information content (AvgIpc) is 2.75. The molecule has 1 fully saturated rings. The van der Waals surface area contributed by atoms with E-state index in [1.165, 1.54) is 48.0 Å². The number of hydrogen-bond donors (Lipinski definition) is 2. The van der Waals surface area contributed by atoms with Crippen molar-refractivity contribution < 1.29 is 4.74 Å². The van der Waals surface area contributed by atoms with Crippen molar-refractivity contribution in [2.45, 2.75) is 26.2 Å². The van der Waals surface area contributed by atoms with E-state index in [1.807, 2.05) is 0 Å². The van der Waals surface area contributed by atoms with Gasteiger partial charge in [-0.25, -0.2) is 0 Å². The summed E-state index contributed by atoms with van der Waals surface area (Å²) in [5.74, 6) is 1.69. The molecule has 1 aromatic heterocycles. The lowest BCUT2D eigenvalue weighted by Gasteiger charge is -2.22. The Hall–Kier alpha value is -1.48.